The Balaban J connectivity index is 2.36. The van der Waals surface area contributed by atoms with Crippen molar-refractivity contribution >= 4 is 25.8 Å². The Morgan fingerprint density at radius 3 is 2.65 bits per heavy atom. The van der Waals surface area contributed by atoms with Crippen LogP contribution in [-0.2, 0) is 15.2 Å². The molecular weight excluding hydrogens is 306 g/mol. The first kappa shape index (κ1) is 13.0. The van der Waals surface area contributed by atoms with E-state index < -0.39 is 9.84 Å². The molecule has 0 bridgehead atoms. The number of hydrogen-bond acceptors (Lipinski definition) is 4. The Kier molecular flexibility index (Phi) is 3.58. The lowest BCUT2D eigenvalue weighted by Crippen LogP contribution is -2.14. The molecule has 1 aliphatic rings. The molecule has 96 valence electrons. The summed E-state index contributed by atoms with van der Waals surface area (Å²) in [4.78, 5) is 0. The Morgan fingerprint density at radius 2 is 2.18 bits per heavy atom. The van der Waals surface area contributed by atoms with Crippen LogP contribution >= 0.6 is 15.9 Å². The average Bonchev–Trinajstić information content (AvgIpc) is 2.80. The second-order valence-corrected chi connectivity index (χ2v) is 7.46. The smallest absolute Gasteiger partial charge is 0.151 e. The van der Waals surface area contributed by atoms with Crippen molar-refractivity contribution in [2.24, 2.45) is 0 Å². The van der Waals surface area contributed by atoms with Crippen LogP contribution in [0.15, 0.2) is 0 Å². The van der Waals surface area contributed by atoms with Gasteiger partial charge in [0.25, 0.3) is 0 Å². The fraction of sp³-hybridized carbons (Fsp3) is 0.800. The number of sulfone groups is 1. The zero-order chi connectivity index (χ0) is 12.6. The second kappa shape index (κ2) is 4.68. The Morgan fingerprint density at radius 1 is 1.47 bits per heavy atom. The molecule has 0 spiro atoms. The van der Waals surface area contributed by atoms with E-state index in [9.17, 15) is 8.42 Å². The van der Waals surface area contributed by atoms with Gasteiger partial charge in [0.2, 0.25) is 0 Å². The normalized spacial score (nSPS) is 23.4. The van der Waals surface area contributed by atoms with Gasteiger partial charge in [0, 0.05) is 12.0 Å². The van der Waals surface area contributed by atoms with E-state index in [-0.39, 0.29) is 23.5 Å². The second-order valence-electron chi connectivity index (χ2n) is 4.67. The summed E-state index contributed by atoms with van der Waals surface area (Å²) in [5.41, 5.74) is 0. The van der Waals surface area contributed by atoms with Crippen LogP contribution < -0.4 is 0 Å². The predicted molar refractivity (Wildman–Crippen MR) is 69.0 cm³/mol. The third kappa shape index (κ3) is 2.54. The number of hydrogen-bond donors (Lipinski definition) is 0. The maximum absolute atomic E-state index is 11.5. The summed E-state index contributed by atoms with van der Waals surface area (Å²) in [6.07, 6.45) is 0.662. The Bertz CT molecular complexity index is 510. The van der Waals surface area contributed by atoms with Gasteiger partial charge in [-0.3, -0.25) is 0 Å². The highest BCUT2D eigenvalue weighted by Gasteiger charge is 2.33. The molecule has 17 heavy (non-hydrogen) atoms. The zero-order valence-corrected chi connectivity index (χ0v) is 12.3. The first-order valence-corrected chi connectivity index (χ1v) is 8.59. The van der Waals surface area contributed by atoms with Crippen molar-refractivity contribution in [1.82, 2.24) is 14.8 Å². The predicted octanol–water partition coefficient (Wildman–Crippen LogP) is 1.66. The summed E-state index contributed by atoms with van der Waals surface area (Å²) < 4.78 is 25.1. The molecule has 1 aromatic rings. The lowest BCUT2D eigenvalue weighted by Gasteiger charge is -2.15. The molecule has 1 atom stereocenters. The number of alkyl halides is 1. The van der Waals surface area contributed by atoms with E-state index >= 15 is 0 Å². The van der Waals surface area contributed by atoms with Gasteiger partial charge in [-0.05, 0) is 20.3 Å². The topological polar surface area (TPSA) is 64.8 Å². The summed E-state index contributed by atoms with van der Waals surface area (Å²) in [6, 6.07) is 0.246. The van der Waals surface area contributed by atoms with Crippen molar-refractivity contribution < 1.29 is 8.42 Å². The highest BCUT2D eigenvalue weighted by Crippen LogP contribution is 2.30. The number of nitrogens with zero attached hydrogens (tertiary/aromatic N) is 3. The largest absolute Gasteiger partial charge is 0.311 e. The van der Waals surface area contributed by atoms with Gasteiger partial charge in [-0.15, -0.1) is 10.2 Å². The van der Waals surface area contributed by atoms with Crippen molar-refractivity contribution in [3.63, 3.8) is 0 Å². The highest BCUT2D eigenvalue weighted by molar-refractivity contribution is 9.08. The molecule has 5 nitrogen and oxygen atoms in total. The van der Waals surface area contributed by atoms with E-state index in [1.54, 1.807) is 0 Å². The molecule has 2 heterocycles. The molecule has 1 fully saturated rings. The van der Waals surface area contributed by atoms with Crippen LogP contribution in [0.2, 0.25) is 0 Å². The minimum atomic E-state index is -2.88. The Labute approximate surface area is 110 Å². The maximum Gasteiger partial charge on any atom is 0.151 e. The summed E-state index contributed by atoms with van der Waals surface area (Å²) in [5, 5.41) is 8.93. The molecule has 0 aromatic carbocycles. The van der Waals surface area contributed by atoms with Crippen molar-refractivity contribution in [2.45, 2.75) is 37.6 Å². The molecule has 1 saturated heterocycles. The first-order valence-electron chi connectivity index (χ1n) is 5.64. The summed E-state index contributed by atoms with van der Waals surface area (Å²) in [5.74, 6) is 2.16. The molecule has 1 aromatic heterocycles. The van der Waals surface area contributed by atoms with Gasteiger partial charge < -0.3 is 4.57 Å². The summed E-state index contributed by atoms with van der Waals surface area (Å²) in [7, 11) is -2.88. The van der Waals surface area contributed by atoms with Crippen LogP contribution in [0.25, 0.3) is 0 Å². The quantitative estimate of drug-likeness (QED) is 0.794. The SMILES string of the molecule is CC(C)n1c(CBr)nnc1C1CCS(=O)(=O)C1. The highest BCUT2D eigenvalue weighted by atomic mass is 79.9. The molecule has 7 heteroatoms. The van der Waals surface area contributed by atoms with Gasteiger partial charge in [-0.25, -0.2) is 8.42 Å². The van der Waals surface area contributed by atoms with Crippen LogP contribution in [-0.4, -0.2) is 34.7 Å². The van der Waals surface area contributed by atoms with Crippen LogP contribution in [0.5, 0.6) is 0 Å². The third-order valence-corrected chi connectivity index (χ3v) is 5.30. The van der Waals surface area contributed by atoms with Gasteiger partial charge in [-0.2, -0.15) is 0 Å². The van der Waals surface area contributed by atoms with Crippen molar-refractivity contribution in [2.75, 3.05) is 11.5 Å². The van der Waals surface area contributed by atoms with E-state index in [0.717, 1.165) is 11.6 Å². The molecular formula is C10H16BrN3O2S. The van der Waals surface area contributed by atoms with Crippen molar-refractivity contribution in [1.29, 1.82) is 0 Å². The first-order chi connectivity index (χ1) is 7.94. The van der Waals surface area contributed by atoms with Crippen LogP contribution in [0, 0.1) is 0 Å². The van der Waals surface area contributed by atoms with Gasteiger partial charge in [0.1, 0.15) is 11.6 Å². The minimum Gasteiger partial charge on any atom is -0.311 e. The maximum atomic E-state index is 11.5. The van der Waals surface area contributed by atoms with E-state index in [1.807, 2.05) is 4.57 Å². The van der Waals surface area contributed by atoms with Crippen LogP contribution in [0.1, 0.15) is 43.9 Å². The van der Waals surface area contributed by atoms with Crippen LogP contribution in [0.4, 0.5) is 0 Å². The van der Waals surface area contributed by atoms with Gasteiger partial charge in [-0.1, -0.05) is 15.9 Å². The molecule has 0 amide bonds. The Hall–Kier alpha value is -0.430. The van der Waals surface area contributed by atoms with Gasteiger partial charge in [0.05, 0.1) is 16.8 Å². The van der Waals surface area contributed by atoms with Gasteiger partial charge >= 0.3 is 0 Å². The van der Waals surface area contributed by atoms with Gasteiger partial charge in [0.15, 0.2) is 9.84 Å². The molecule has 0 radical (unpaired) electrons. The standard InChI is InChI=1S/C10H16BrN3O2S/c1-7(2)14-9(5-11)12-13-10(14)8-3-4-17(15,16)6-8/h7-8H,3-6H2,1-2H3. The van der Waals surface area contributed by atoms with Crippen molar-refractivity contribution in [3.8, 4) is 0 Å². The fourth-order valence-corrected chi connectivity index (χ4v) is 4.39. The fourth-order valence-electron chi connectivity index (χ4n) is 2.27. The number of halogens is 1. The summed E-state index contributed by atoms with van der Waals surface area (Å²) in [6.45, 7) is 4.12. The average molecular weight is 322 g/mol. The monoisotopic (exact) mass is 321 g/mol. The number of rotatable bonds is 3. The molecule has 0 saturated carbocycles. The molecule has 2 rings (SSSR count). The summed E-state index contributed by atoms with van der Waals surface area (Å²) >= 11 is 3.38. The van der Waals surface area contributed by atoms with Crippen LogP contribution in [0.3, 0.4) is 0 Å². The molecule has 0 N–H and O–H groups in total. The van der Waals surface area contributed by atoms with E-state index in [1.165, 1.54) is 0 Å². The minimum absolute atomic E-state index is 0.00250. The number of aromatic nitrogens is 3. The van der Waals surface area contributed by atoms with E-state index in [0.29, 0.717) is 11.8 Å². The van der Waals surface area contributed by atoms with E-state index in [2.05, 4.69) is 40.0 Å². The lowest BCUT2D eigenvalue weighted by atomic mass is 10.1. The lowest BCUT2D eigenvalue weighted by molar-refractivity contribution is 0.528. The molecule has 1 unspecified atom stereocenters. The zero-order valence-electron chi connectivity index (χ0n) is 9.93. The van der Waals surface area contributed by atoms with Crippen molar-refractivity contribution in [3.05, 3.63) is 11.6 Å². The molecule has 0 aliphatic carbocycles. The molecule has 1 aliphatic heterocycles. The third-order valence-electron chi connectivity index (χ3n) is 3.03. The van der Waals surface area contributed by atoms with E-state index in [4.69, 9.17) is 0 Å².